The summed E-state index contributed by atoms with van der Waals surface area (Å²) in [5.41, 5.74) is 0.519. The number of likely N-dealkylation sites (tertiary alicyclic amines) is 1. The molecule has 0 radical (unpaired) electrons. The van der Waals surface area contributed by atoms with Gasteiger partial charge in [0, 0.05) is 25.1 Å². The first-order chi connectivity index (χ1) is 11.5. The molecule has 1 aromatic carbocycles. The first-order valence-electron chi connectivity index (χ1n) is 7.88. The van der Waals surface area contributed by atoms with Gasteiger partial charge in [0.25, 0.3) is 5.91 Å². The maximum atomic E-state index is 12.6. The highest BCUT2D eigenvalue weighted by Crippen LogP contribution is 2.31. The molecule has 2 heterocycles. The second-order valence-electron chi connectivity index (χ2n) is 6.12. The lowest BCUT2D eigenvalue weighted by atomic mass is 9.98. The number of amides is 1. The largest absolute Gasteiger partial charge is 0.497 e. The van der Waals surface area contributed by atoms with E-state index in [1.54, 1.807) is 30.2 Å². The fraction of sp³-hybridized carbons (Fsp3) is 0.471. The van der Waals surface area contributed by atoms with Crippen molar-refractivity contribution in [3.63, 3.8) is 0 Å². The Bertz CT molecular complexity index is 735. The Balaban J connectivity index is 1.68. The number of carbonyl (C=O) groups is 1. The van der Waals surface area contributed by atoms with Gasteiger partial charge >= 0.3 is 0 Å². The van der Waals surface area contributed by atoms with Crippen molar-refractivity contribution in [1.29, 1.82) is 0 Å². The second-order valence-corrected chi connectivity index (χ2v) is 6.12. The average Bonchev–Trinajstić information content (AvgIpc) is 3.02. The molecular weight excluding hydrogens is 310 g/mol. The van der Waals surface area contributed by atoms with Gasteiger partial charge in [-0.25, -0.2) is 0 Å². The van der Waals surface area contributed by atoms with Crippen molar-refractivity contribution in [2.24, 2.45) is 0 Å². The highest BCUT2D eigenvalue weighted by atomic mass is 16.5. The van der Waals surface area contributed by atoms with Gasteiger partial charge in [-0.2, -0.15) is 4.98 Å². The van der Waals surface area contributed by atoms with Gasteiger partial charge < -0.3 is 18.9 Å². The van der Waals surface area contributed by atoms with Crippen LogP contribution < -0.4 is 9.47 Å². The zero-order chi connectivity index (χ0) is 17.3. The van der Waals surface area contributed by atoms with E-state index in [0.29, 0.717) is 41.9 Å². The van der Waals surface area contributed by atoms with Crippen LogP contribution >= 0.6 is 0 Å². The van der Waals surface area contributed by atoms with Crippen LogP contribution in [0.25, 0.3) is 0 Å². The van der Waals surface area contributed by atoms with Gasteiger partial charge in [-0.1, -0.05) is 19.0 Å². The predicted octanol–water partition coefficient (Wildman–Crippen LogP) is 2.45. The van der Waals surface area contributed by atoms with E-state index in [2.05, 4.69) is 10.1 Å². The summed E-state index contributed by atoms with van der Waals surface area (Å²) < 4.78 is 15.8. The zero-order valence-corrected chi connectivity index (χ0v) is 14.3. The number of benzene rings is 1. The molecule has 1 aromatic heterocycles. The molecular formula is C17H21N3O4. The topological polar surface area (TPSA) is 77.7 Å². The number of carbonyl (C=O) groups excluding carboxylic acids is 1. The highest BCUT2D eigenvalue weighted by molar-refractivity contribution is 5.97. The lowest BCUT2D eigenvalue weighted by Crippen LogP contribution is -2.48. The van der Waals surface area contributed by atoms with Crippen molar-refractivity contribution < 1.29 is 18.8 Å². The first kappa shape index (κ1) is 16.3. The lowest BCUT2D eigenvalue weighted by Gasteiger charge is -2.37. The molecule has 1 saturated heterocycles. The normalized spacial score (nSPS) is 14.6. The Labute approximate surface area is 140 Å². The Morgan fingerprint density at radius 1 is 1.29 bits per heavy atom. The van der Waals surface area contributed by atoms with E-state index in [-0.39, 0.29) is 17.7 Å². The molecule has 3 rings (SSSR count). The molecule has 0 unspecified atom stereocenters. The number of methoxy groups -OCH3 is 2. The van der Waals surface area contributed by atoms with Crippen LogP contribution in [-0.4, -0.2) is 48.3 Å². The van der Waals surface area contributed by atoms with E-state index in [0.717, 1.165) is 0 Å². The third-order valence-corrected chi connectivity index (χ3v) is 4.13. The quantitative estimate of drug-likeness (QED) is 0.837. The van der Waals surface area contributed by atoms with Gasteiger partial charge in [0.1, 0.15) is 11.5 Å². The summed E-state index contributed by atoms with van der Waals surface area (Å²) in [6, 6.07) is 5.17. The minimum absolute atomic E-state index is 0.0747. The maximum absolute atomic E-state index is 12.6. The summed E-state index contributed by atoms with van der Waals surface area (Å²) >= 11 is 0. The molecule has 7 nitrogen and oxygen atoms in total. The molecule has 1 fully saturated rings. The second kappa shape index (κ2) is 6.51. The molecule has 0 spiro atoms. The fourth-order valence-electron chi connectivity index (χ4n) is 2.59. The summed E-state index contributed by atoms with van der Waals surface area (Å²) in [4.78, 5) is 18.8. The van der Waals surface area contributed by atoms with Crippen molar-refractivity contribution in [3.05, 3.63) is 35.5 Å². The minimum Gasteiger partial charge on any atom is -0.497 e. The zero-order valence-electron chi connectivity index (χ0n) is 14.3. The summed E-state index contributed by atoms with van der Waals surface area (Å²) in [5, 5.41) is 3.97. The van der Waals surface area contributed by atoms with Gasteiger partial charge in [-0.15, -0.1) is 0 Å². The van der Waals surface area contributed by atoms with Crippen LogP contribution in [0.5, 0.6) is 11.5 Å². The number of hydrogen-bond acceptors (Lipinski definition) is 6. The van der Waals surface area contributed by atoms with E-state index in [4.69, 9.17) is 14.0 Å². The van der Waals surface area contributed by atoms with Crippen LogP contribution in [-0.2, 0) is 0 Å². The van der Waals surface area contributed by atoms with E-state index in [1.165, 1.54) is 7.11 Å². The molecule has 0 atom stereocenters. The summed E-state index contributed by atoms with van der Waals surface area (Å²) in [7, 11) is 3.11. The smallest absolute Gasteiger partial charge is 0.257 e. The van der Waals surface area contributed by atoms with Gasteiger partial charge in [0.2, 0.25) is 5.89 Å². The molecule has 2 aromatic rings. The average molecular weight is 331 g/mol. The molecule has 24 heavy (non-hydrogen) atoms. The Morgan fingerprint density at radius 3 is 2.62 bits per heavy atom. The monoisotopic (exact) mass is 331 g/mol. The van der Waals surface area contributed by atoms with Crippen molar-refractivity contribution >= 4 is 5.91 Å². The number of nitrogens with zero attached hydrogens (tertiary/aromatic N) is 3. The lowest BCUT2D eigenvalue weighted by molar-refractivity contribution is 0.0566. The standard InChI is InChI=1S/C17H21N3O4/c1-10(2)15-18-16(24-19-15)11-8-20(9-11)17(21)13-6-5-12(22-3)7-14(13)23-4/h5-7,10-11H,8-9H2,1-4H3. The number of aromatic nitrogens is 2. The van der Waals surface area contributed by atoms with Crippen LogP contribution in [0.15, 0.2) is 22.7 Å². The molecule has 0 aliphatic carbocycles. The third-order valence-electron chi connectivity index (χ3n) is 4.13. The highest BCUT2D eigenvalue weighted by Gasteiger charge is 2.37. The van der Waals surface area contributed by atoms with E-state index in [1.807, 2.05) is 13.8 Å². The number of rotatable bonds is 5. The molecule has 1 aliphatic rings. The first-order valence-corrected chi connectivity index (χ1v) is 7.88. The van der Waals surface area contributed by atoms with Crippen molar-refractivity contribution in [2.45, 2.75) is 25.7 Å². The minimum atomic E-state index is -0.0747. The van der Waals surface area contributed by atoms with E-state index < -0.39 is 0 Å². The van der Waals surface area contributed by atoms with E-state index >= 15 is 0 Å². The maximum Gasteiger partial charge on any atom is 0.257 e. The van der Waals surface area contributed by atoms with Gasteiger partial charge in [0.15, 0.2) is 5.82 Å². The number of hydrogen-bond donors (Lipinski definition) is 0. The summed E-state index contributed by atoms with van der Waals surface area (Å²) in [6.45, 7) is 5.16. The van der Waals surface area contributed by atoms with Gasteiger partial charge in [0.05, 0.1) is 25.7 Å². The fourth-order valence-corrected chi connectivity index (χ4v) is 2.59. The Kier molecular flexibility index (Phi) is 4.42. The molecule has 128 valence electrons. The molecule has 7 heteroatoms. The molecule has 1 aliphatic heterocycles. The van der Waals surface area contributed by atoms with Crippen LogP contribution in [0.2, 0.25) is 0 Å². The van der Waals surface area contributed by atoms with Crippen molar-refractivity contribution in [2.75, 3.05) is 27.3 Å². The Morgan fingerprint density at radius 2 is 2.04 bits per heavy atom. The number of ether oxygens (including phenoxy) is 2. The van der Waals surface area contributed by atoms with E-state index in [9.17, 15) is 4.79 Å². The van der Waals surface area contributed by atoms with Crippen molar-refractivity contribution in [3.8, 4) is 11.5 Å². The van der Waals surface area contributed by atoms with Crippen LogP contribution in [0.1, 0.15) is 47.8 Å². The van der Waals surface area contributed by atoms with Crippen molar-refractivity contribution in [1.82, 2.24) is 15.0 Å². The molecule has 0 saturated carbocycles. The predicted molar refractivity (Wildman–Crippen MR) is 86.6 cm³/mol. The third kappa shape index (κ3) is 2.93. The van der Waals surface area contributed by atoms with Gasteiger partial charge in [-0.05, 0) is 12.1 Å². The summed E-state index contributed by atoms with van der Waals surface area (Å²) in [6.07, 6.45) is 0. The SMILES string of the molecule is COc1ccc(C(=O)N2CC(c3nc(C(C)C)no3)C2)c(OC)c1. The molecule has 0 bridgehead atoms. The van der Waals surface area contributed by atoms with Crippen LogP contribution in [0.4, 0.5) is 0 Å². The van der Waals surface area contributed by atoms with Crippen LogP contribution in [0, 0.1) is 0 Å². The van der Waals surface area contributed by atoms with Gasteiger partial charge in [-0.3, -0.25) is 4.79 Å². The molecule has 1 amide bonds. The Hall–Kier alpha value is -2.57. The summed E-state index contributed by atoms with van der Waals surface area (Å²) in [5.74, 6) is 2.70. The van der Waals surface area contributed by atoms with Crippen LogP contribution in [0.3, 0.4) is 0 Å². The molecule has 0 N–H and O–H groups in total.